The zero-order chi connectivity index (χ0) is 45.8. The quantitative estimate of drug-likeness (QED) is 0.0495. The maximum atomic E-state index is 14.1. The second kappa shape index (κ2) is 22.2. The number of esters is 4. The van der Waals surface area contributed by atoms with Crippen LogP contribution in [0.3, 0.4) is 0 Å². The molecular formula is C56H60N2O8. The van der Waals surface area contributed by atoms with Gasteiger partial charge in [0.05, 0.1) is 23.7 Å². The number of rotatable bonds is 17. The zero-order valence-corrected chi connectivity index (χ0v) is 38.2. The number of carbonyl (C=O) groups is 4. The maximum Gasteiger partial charge on any atom is 0.314 e. The van der Waals surface area contributed by atoms with E-state index in [1.165, 1.54) is 11.1 Å². The summed E-state index contributed by atoms with van der Waals surface area (Å²) in [6.45, 7) is 4.32. The van der Waals surface area contributed by atoms with Crippen molar-refractivity contribution in [1.29, 1.82) is 0 Å². The standard InChI is InChI=1S/C56H60N2O8/c1-3-10-37-16-20-39(21-17-37)24-34-49(59)63-44-30-26-42(27-31-44)55(61)65-53-46-14-8-9-15-47(46)54(52-51(53)57-36-48(58-52)41-12-6-5-7-13-41)66-56(62)43-28-32-45(33-29-43)64-50(60)35-25-40-22-18-38(11-4-2)19-23-40/h5-9,12-23,36,42-45H,3-4,10-11,24-35H2,1-2H3. The summed E-state index contributed by atoms with van der Waals surface area (Å²) >= 11 is 0. The first-order valence-corrected chi connectivity index (χ1v) is 24.0. The van der Waals surface area contributed by atoms with Gasteiger partial charge in [-0.25, -0.2) is 9.97 Å². The van der Waals surface area contributed by atoms with Crippen LogP contribution in [-0.4, -0.2) is 46.1 Å². The smallest absolute Gasteiger partial charge is 0.314 e. The lowest BCUT2D eigenvalue weighted by Gasteiger charge is -2.28. The molecule has 0 unspecified atom stereocenters. The van der Waals surface area contributed by atoms with Crippen LogP contribution in [0.4, 0.5) is 0 Å². The van der Waals surface area contributed by atoms with Gasteiger partial charge in [-0.2, -0.15) is 0 Å². The van der Waals surface area contributed by atoms with Gasteiger partial charge < -0.3 is 18.9 Å². The highest BCUT2D eigenvalue weighted by molar-refractivity contribution is 6.10. The number of nitrogens with zero attached hydrogens (tertiary/aromatic N) is 2. The number of aryl methyl sites for hydroxylation is 4. The molecule has 2 saturated carbocycles. The predicted molar refractivity (Wildman–Crippen MR) is 255 cm³/mol. The van der Waals surface area contributed by atoms with E-state index >= 15 is 0 Å². The van der Waals surface area contributed by atoms with Crippen molar-refractivity contribution in [3.05, 3.63) is 132 Å². The molecule has 1 aromatic heterocycles. The molecule has 66 heavy (non-hydrogen) atoms. The topological polar surface area (TPSA) is 131 Å². The van der Waals surface area contributed by atoms with Gasteiger partial charge in [-0.1, -0.05) is 130 Å². The summed E-state index contributed by atoms with van der Waals surface area (Å²) in [7, 11) is 0. The summed E-state index contributed by atoms with van der Waals surface area (Å²) in [4.78, 5) is 63.5. The molecule has 1 heterocycles. The van der Waals surface area contributed by atoms with Crippen molar-refractivity contribution in [2.45, 2.75) is 129 Å². The van der Waals surface area contributed by atoms with Gasteiger partial charge in [0.2, 0.25) is 0 Å². The van der Waals surface area contributed by atoms with Crippen molar-refractivity contribution >= 4 is 45.7 Å². The Bertz CT molecular complexity index is 2610. The molecule has 0 N–H and O–H groups in total. The average Bonchev–Trinajstić information content (AvgIpc) is 3.35. The van der Waals surface area contributed by atoms with E-state index in [0.717, 1.165) is 42.4 Å². The molecule has 8 rings (SSSR count). The van der Waals surface area contributed by atoms with Gasteiger partial charge in [-0.3, -0.25) is 19.2 Å². The molecule has 2 aliphatic rings. The van der Waals surface area contributed by atoms with E-state index in [4.69, 9.17) is 28.9 Å². The van der Waals surface area contributed by atoms with E-state index in [0.29, 0.717) is 105 Å². The Morgan fingerprint density at radius 3 is 1.35 bits per heavy atom. The number of aromatic nitrogens is 2. The van der Waals surface area contributed by atoms with E-state index in [-0.39, 0.29) is 35.6 Å². The summed E-state index contributed by atoms with van der Waals surface area (Å²) in [6, 6.07) is 33.8. The van der Waals surface area contributed by atoms with Crippen LogP contribution in [0.15, 0.2) is 109 Å². The summed E-state index contributed by atoms with van der Waals surface area (Å²) in [5, 5.41) is 1.13. The molecule has 0 spiro atoms. The Morgan fingerprint density at radius 2 is 0.909 bits per heavy atom. The number of carbonyl (C=O) groups excluding carboxylic acids is 4. The monoisotopic (exact) mass is 888 g/mol. The van der Waals surface area contributed by atoms with Crippen LogP contribution in [0.1, 0.15) is 113 Å². The highest BCUT2D eigenvalue weighted by atomic mass is 16.6. The van der Waals surface area contributed by atoms with Gasteiger partial charge in [0.25, 0.3) is 0 Å². The van der Waals surface area contributed by atoms with E-state index in [1.807, 2.05) is 54.6 Å². The molecule has 10 nitrogen and oxygen atoms in total. The molecule has 0 amide bonds. The molecule has 10 heteroatoms. The van der Waals surface area contributed by atoms with Crippen molar-refractivity contribution in [2.75, 3.05) is 0 Å². The van der Waals surface area contributed by atoms with Crippen LogP contribution >= 0.6 is 0 Å². The van der Waals surface area contributed by atoms with Crippen molar-refractivity contribution in [3.8, 4) is 22.8 Å². The molecule has 0 bridgehead atoms. The summed E-state index contributed by atoms with van der Waals surface area (Å²) in [5.74, 6) is -1.55. The number of benzene rings is 5. The van der Waals surface area contributed by atoms with Crippen LogP contribution in [0.25, 0.3) is 33.1 Å². The zero-order valence-electron chi connectivity index (χ0n) is 38.2. The first kappa shape index (κ1) is 46.1. The molecule has 0 atom stereocenters. The SMILES string of the molecule is CCCc1ccc(CCC(=O)OC2CCC(C(=O)Oc3c4ccccc4c(OC(=O)C4CCC(OC(=O)CCc5ccc(CCC)cc5)CC4)c4nc(-c5ccccc5)cnc34)CC2)cc1. The fourth-order valence-corrected chi connectivity index (χ4v) is 9.31. The molecule has 2 fully saturated rings. The third kappa shape index (κ3) is 11.7. The minimum atomic E-state index is -0.407. The summed E-state index contributed by atoms with van der Waals surface area (Å²) in [5.41, 5.74) is 6.82. The molecule has 2 aliphatic carbocycles. The van der Waals surface area contributed by atoms with Gasteiger partial charge in [0.15, 0.2) is 11.5 Å². The van der Waals surface area contributed by atoms with Gasteiger partial charge in [0.1, 0.15) is 23.2 Å². The highest BCUT2D eigenvalue weighted by Gasteiger charge is 2.33. The lowest BCUT2D eigenvalue weighted by Crippen LogP contribution is -2.30. The Morgan fingerprint density at radius 1 is 0.500 bits per heavy atom. The highest BCUT2D eigenvalue weighted by Crippen LogP contribution is 2.43. The average molecular weight is 889 g/mol. The van der Waals surface area contributed by atoms with Crippen molar-refractivity contribution in [2.24, 2.45) is 11.8 Å². The number of fused-ring (bicyclic) bond motifs is 2. The second-order valence-electron chi connectivity index (χ2n) is 17.9. The van der Waals surface area contributed by atoms with Crippen LogP contribution in [0, 0.1) is 11.8 Å². The molecule has 0 radical (unpaired) electrons. The lowest BCUT2D eigenvalue weighted by atomic mass is 9.87. The van der Waals surface area contributed by atoms with Gasteiger partial charge in [-0.05, 0) is 99.3 Å². The van der Waals surface area contributed by atoms with Crippen LogP contribution in [0.5, 0.6) is 11.5 Å². The fraction of sp³-hybridized carbons (Fsp3) is 0.393. The Labute approximate surface area is 387 Å². The first-order chi connectivity index (χ1) is 32.2. The Hall–Kier alpha value is -6.42. The maximum absolute atomic E-state index is 14.1. The number of ether oxygens (including phenoxy) is 4. The minimum absolute atomic E-state index is 0.227. The third-order valence-corrected chi connectivity index (χ3v) is 13.1. The van der Waals surface area contributed by atoms with Gasteiger partial charge in [0, 0.05) is 29.2 Å². The molecule has 342 valence electrons. The fourth-order valence-electron chi connectivity index (χ4n) is 9.31. The predicted octanol–water partition coefficient (Wildman–Crippen LogP) is 11.6. The number of hydrogen-bond donors (Lipinski definition) is 0. The Balaban J connectivity index is 0.922. The second-order valence-corrected chi connectivity index (χ2v) is 17.9. The van der Waals surface area contributed by atoms with E-state index < -0.39 is 23.8 Å². The molecule has 5 aromatic carbocycles. The normalized spacial score (nSPS) is 18.4. The minimum Gasteiger partial charge on any atom is -0.462 e. The number of hydrogen-bond acceptors (Lipinski definition) is 10. The molecular weight excluding hydrogens is 829 g/mol. The van der Waals surface area contributed by atoms with E-state index in [2.05, 4.69) is 62.4 Å². The van der Waals surface area contributed by atoms with Crippen molar-refractivity contribution in [1.82, 2.24) is 9.97 Å². The van der Waals surface area contributed by atoms with Crippen molar-refractivity contribution in [3.63, 3.8) is 0 Å². The molecule has 0 saturated heterocycles. The third-order valence-electron chi connectivity index (χ3n) is 13.1. The van der Waals surface area contributed by atoms with Gasteiger partial charge >= 0.3 is 23.9 Å². The first-order valence-electron chi connectivity index (χ1n) is 24.0. The molecule has 0 aliphatic heterocycles. The molecule has 6 aromatic rings. The van der Waals surface area contributed by atoms with E-state index in [9.17, 15) is 19.2 Å². The van der Waals surface area contributed by atoms with Crippen LogP contribution in [0.2, 0.25) is 0 Å². The van der Waals surface area contributed by atoms with Crippen LogP contribution < -0.4 is 9.47 Å². The van der Waals surface area contributed by atoms with Gasteiger partial charge in [-0.15, -0.1) is 0 Å². The van der Waals surface area contributed by atoms with E-state index in [1.54, 1.807) is 6.20 Å². The van der Waals surface area contributed by atoms with Crippen molar-refractivity contribution < 1.29 is 38.1 Å². The lowest BCUT2D eigenvalue weighted by molar-refractivity contribution is -0.153. The largest absolute Gasteiger partial charge is 0.462 e. The summed E-state index contributed by atoms with van der Waals surface area (Å²) in [6.07, 6.45) is 11.6. The summed E-state index contributed by atoms with van der Waals surface area (Å²) < 4.78 is 24.4. The van der Waals surface area contributed by atoms with Crippen LogP contribution in [-0.2, 0) is 54.3 Å². The Kier molecular flexibility index (Phi) is 15.5.